The monoisotopic (exact) mass is 464 g/mol. The van der Waals surface area contributed by atoms with Gasteiger partial charge in [0.1, 0.15) is 18.0 Å². The van der Waals surface area contributed by atoms with Crippen molar-refractivity contribution in [3.05, 3.63) is 58.3 Å². The maximum absolute atomic E-state index is 14.1. The van der Waals surface area contributed by atoms with Crippen LogP contribution in [0.25, 0.3) is 0 Å². The molecule has 0 atom stereocenters. The third kappa shape index (κ3) is 5.85. The van der Waals surface area contributed by atoms with Crippen molar-refractivity contribution in [2.45, 2.75) is 33.0 Å². The second kappa shape index (κ2) is 9.03. The highest BCUT2D eigenvalue weighted by Crippen LogP contribution is 2.38. The largest absolute Gasteiger partial charge is 0.486 e. The summed E-state index contributed by atoms with van der Waals surface area (Å²) in [6.45, 7) is 8.07. The number of anilines is 1. The van der Waals surface area contributed by atoms with Crippen LogP contribution in [0.4, 0.5) is 14.9 Å². The summed E-state index contributed by atoms with van der Waals surface area (Å²) in [5.41, 5.74) is 1.18. The molecule has 2 aromatic rings. The first-order chi connectivity index (χ1) is 13.7. The molecule has 0 N–H and O–H groups in total. The van der Waals surface area contributed by atoms with Crippen LogP contribution in [0.3, 0.4) is 0 Å². The lowest BCUT2D eigenvalue weighted by molar-refractivity contribution is 0.0240. The number of hydrogen-bond acceptors (Lipinski definition) is 4. The third-order valence-corrected chi connectivity index (χ3v) is 5.08. The van der Waals surface area contributed by atoms with Crippen LogP contribution in [0.2, 0.25) is 0 Å². The molecule has 1 aliphatic rings. The maximum Gasteiger partial charge on any atom is 0.410 e. The second-order valence-electron chi connectivity index (χ2n) is 7.96. The number of ether oxygens (including phenoxy) is 2. The Hall–Kier alpha value is -2.28. The number of amides is 1. The molecule has 1 amide bonds. The maximum atomic E-state index is 14.1. The van der Waals surface area contributed by atoms with Gasteiger partial charge in [0.15, 0.2) is 5.75 Å². The first-order valence-electron chi connectivity index (χ1n) is 9.61. The molecule has 0 bridgehead atoms. The minimum Gasteiger partial charge on any atom is -0.486 e. The second-order valence-corrected chi connectivity index (χ2v) is 8.82. The Morgan fingerprint density at radius 1 is 1.10 bits per heavy atom. The molecule has 0 unspecified atom stereocenters. The molecular formula is C22H26BrFN2O3. The molecule has 1 aliphatic heterocycles. The van der Waals surface area contributed by atoms with Crippen LogP contribution in [-0.4, -0.2) is 42.8 Å². The Labute approximate surface area is 179 Å². The third-order valence-electron chi connectivity index (χ3n) is 4.49. The Morgan fingerprint density at radius 3 is 2.38 bits per heavy atom. The van der Waals surface area contributed by atoms with E-state index in [1.165, 1.54) is 12.1 Å². The number of carbonyl (C=O) groups excluding carboxylic acids is 1. The van der Waals surface area contributed by atoms with Gasteiger partial charge >= 0.3 is 6.09 Å². The van der Waals surface area contributed by atoms with E-state index < -0.39 is 5.60 Å². The van der Waals surface area contributed by atoms with Crippen LogP contribution in [0, 0.1) is 5.82 Å². The smallest absolute Gasteiger partial charge is 0.410 e. The summed E-state index contributed by atoms with van der Waals surface area (Å²) in [5.74, 6) is 0.259. The van der Waals surface area contributed by atoms with E-state index in [1.807, 2.05) is 56.0 Å². The van der Waals surface area contributed by atoms with Gasteiger partial charge in [0, 0.05) is 32.2 Å². The van der Waals surface area contributed by atoms with E-state index in [2.05, 4.69) is 15.9 Å². The van der Waals surface area contributed by atoms with Gasteiger partial charge in [-0.15, -0.1) is 0 Å². The van der Waals surface area contributed by atoms with Gasteiger partial charge < -0.3 is 19.3 Å². The lowest BCUT2D eigenvalue weighted by Gasteiger charge is -2.37. The topological polar surface area (TPSA) is 42.0 Å². The standard InChI is InChI=1S/C22H26BrFN2O3/c1-22(2,3)29-21(27)26-11-9-25(10-12-26)19-14-17(24)13-18(23)20(19)28-15-16-7-5-4-6-8-16/h4-8,13-14H,9-12,15H2,1-3H3. The number of carbonyl (C=O) groups is 1. The Kier molecular flexibility index (Phi) is 6.67. The van der Waals surface area contributed by atoms with Crippen molar-refractivity contribution < 1.29 is 18.7 Å². The van der Waals surface area contributed by atoms with Crippen molar-refractivity contribution in [1.82, 2.24) is 4.90 Å². The number of hydrogen-bond donors (Lipinski definition) is 0. The summed E-state index contributed by atoms with van der Waals surface area (Å²) >= 11 is 3.43. The van der Waals surface area contributed by atoms with Crippen molar-refractivity contribution >= 4 is 27.7 Å². The number of piperazine rings is 1. The molecule has 5 nitrogen and oxygen atoms in total. The van der Waals surface area contributed by atoms with Crippen LogP contribution in [-0.2, 0) is 11.3 Å². The van der Waals surface area contributed by atoms with Gasteiger partial charge in [-0.25, -0.2) is 9.18 Å². The molecule has 3 rings (SSSR count). The molecule has 0 aliphatic carbocycles. The van der Waals surface area contributed by atoms with Crippen LogP contribution in [0.15, 0.2) is 46.9 Å². The van der Waals surface area contributed by atoms with Gasteiger partial charge in [-0.3, -0.25) is 0 Å². The highest BCUT2D eigenvalue weighted by molar-refractivity contribution is 9.10. The molecule has 0 radical (unpaired) electrons. The first-order valence-corrected chi connectivity index (χ1v) is 10.4. The average molecular weight is 465 g/mol. The van der Waals surface area contributed by atoms with Crippen molar-refractivity contribution in [2.75, 3.05) is 31.1 Å². The van der Waals surface area contributed by atoms with E-state index >= 15 is 0 Å². The summed E-state index contributed by atoms with van der Waals surface area (Å²) in [7, 11) is 0. The summed E-state index contributed by atoms with van der Waals surface area (Å²) in [4.78, 5) is 16.0. The van der Waals surface area contributed by atoms with Gasteiger partial charge in [0.25, 0.3) is 0 Å². The summed E-state index contributed by atoms with van der Waals surface area (Å²) < 4.78 is 26.2. The lowest BCUT2D eigenvalue weighted by Crippen LogP contribution is -2.50. The molecule has 156 valence electrons. The first kappa shape index (κ1) is 21.4. The van der Waals surface area contributed by atoms with Crippen LogP contribution < -0.4 is 9.64 Å². The molecule has 1 heterocycles. The van der Waals surface area contributed by atoms with E-state index in [0.717, 1.165) is 5.56 Å². The minimum atomic E-state index is -0.528. The molecule has 29 heavy (non-hydrogen) atoms. The zero-order valence-electron chi connectivity index (χ0n) is 17.0. The molecule has 0 spiro atoms. The van der Waals surface area contributed by atoms with Gasteiger partial charge in [0.2, 0.25) is 0 Å². The van der Waals surface area contributed by atoms with Crippen LogP contribution in [0.5, 0.6) is 5.75 Å². The Balaban J connectivity index is 1.71. The van der Waals surface area contributed by atoms with Crippen molar-refractivity contribution in [3.63, 3.8) is 0 Å². The summed E-state index contributed by atoms with van der Waals surface area (Å²) in [5, 5.41) is 0. The molecule has 2 aromatic carbocycles. The Morgan fingerprint density at radius 2 is 1.76 bits per heavy atom. The minimum absolute atomic E-state index is 0.321. The molecular weight excluding hydrogens is 439 g/mol. The number of nitrogens with zero attached hydrogens (tertiary/aromatic N) is 2. The van der Waals surface area contributed by atoms with Crippen LogP contribution >= 0.6 is 15.9 Å². The van der Waals surface area contributed by atoms with Gasteiger partial charge in [-0.05, 0) is 48.3 Å². The number of halogens is 2. The van der Waals surface area contributed by atoms with Crippen molar-refractivity contribution in [1.29, 1.82) is 0 Å². The van der Waals surface area contributed by atoms with E-state index in [1.54, 1.807) is 4.90 Å². The van der Waals surface area contributed by atoms with Gasteiger partial charge in [-0.1, -0.05) is 30.3 Å². The molecule has 0 aromatic heterocycles. The van der Waals surface area contributed by atoms with Crippen molar-refractivity contribution in [2.24, 2.45) is 0 Å². The number of rotatable bonds is 4. The Bertz CT molecular complexity index is 847. The summed E-state index contributed by atoms with van der Waals surface area (Å²) in [6, 6.07) is 12.7. The molecule has 0 saturated carbocycles. The zero-order chi connectivity index (χ0) is 21.0. The van der Waals surface area contributed by atoms with E-state index in [4.69, 9.17) is 9.47 Å². The predicted octanol–water partition coefficient (Wildman–Crippen LogP) is 5.22. The SMILES string of the molecule is CC(C)(C)OC(=O)N1CCN(c2cc(F)cc(Br)c2OCc2ccccc2)CC1. The van der Waals surface area contributed by atoms with Crippen LogP contribution in [0.1, 0.15) is 26.3 Å². The fraction of sp³-hybridized carbons (Fsp3) is 0.409. The van der Waals surface area contributed by atoms with E-state index in [9.17, 15) is 9.18 Å². The van der Waals surface area contributed by atoms with Crippen molar-refractivity contribution in [3.8, 4) is 5.75 Å². The predicted molar refractivity (Wildman–Crippen MR) is 115 cm³/mol. The normalized spacial score (nSPS) is 14.7. The highest BCUT2D eigenvalue weighted by Gasteiger charge is 2.27. The van der Waals surface area contributed by atoms with Gasteiger partial charge in [-0.2, -0.15) is 0 Å². The van der Waals surface area contributed by atoms with E-state index in [0.29, 0.717) is 48.7 Å². The molecule has 7 heteroatoms. The average Bonchev–Trinajstić information content (AvgIpc) is 2.66. The quantitative estimate of drug-likeness (QED) is 0.621. The number of benzene rings is 2. The fourth-order valence-corrected chi connectivity index (χ4v) is 3.65. The summed E-state index contributed by atoms with van der Waals surface area (Å²) in [6.07, 6.45) is -0.321. The highest BCUT2D eigenvalue weighted by atomic mass is 79.9. The molecule has 1 saturated heterocycles. The molecule has 1 fully saturated rings. The van der Waals surface area contributed by atoms with E-state index in [-0.39, 0.29) is 11.9 Å². The lowest BCUT2D eigenvalue weighted by atomic mass is 10.2. The van der Waals surface area contributed by atoms with Gasteiger partial charge in [0.05, 0.1) is 10.2 Å². The zero-order valence-corrected chi connectivity index (χ0v) is 18.5. The fourth-order valence-electron chi connectivity index (χ4n) is 3.11.